The maximum absolute atomic E-state index is 12.8. The summed E-state index contributed by atoms with van der Waals surface area (Å²) in [5.74, 6) is 0.969. The summed E-state index contributed by atoms with van der Waals surface area (Å²) in [7, 11) is 3.09. The smallest absolute Gasteiger partial charge is 0.242 e. The van der Waals surface area contributed by atoms with Gasteiger partial charge in [-0.1, -0.05) is 45.1 Å². The Morgan fingerprint density at radius 2 is 1.78 bits per heavy atom. The van der Waals surface area contributed by atoms with Crippen LogP contribution in [0.3, 0.4) is 0 Å². The standard InChI is InChI=1S/C24H38N4O4/c1-5-16(2)26-23(30)19(13-17-9-7-6-8-10-17)27-24(25)28-22(29)15-18-11-12-20(31-3)21(14-18)32-4/h11-12,14,16-17,19H,5-10,13,15H2,1-4H3,(H,26,30)(H3,25,27,28,29)/t16?,19-/m1/s1. The fourth-order valence-corrected chi connectivity index (χ4v) is 4.00. The van der Waals surface area contributed by atoms with Crippen LogP contribution < -0.4 is 25.4 Å². The minimum Gasteiger partial charge on any atom is -0.493 e. The number of rotatable bonds is 10. The van der Waals surface area contributed by atoms with E-state index in [0.29, 0.717) is 23.8 Å². The van der Waals surface area contributed by atoms with Crippen molar-refractivity contribution in [1.29, 1.82) is 5.41 Å². The lowest BCUT2D eigenvalue weighted by Gasteiger charge is -2.28. The Bertz CT molecular complexity index is 777. The summed E-state index contributed by atoms with van der Waals surface area (Å²) in [5, 5.41) is 16.7. The first-order chi connectivity index (χ1) is 15.4. The third kappa shape index (κ3) is 8.05. The molecular weight excluding hydrogens is 408 g/mol. The average molecular weight is 447 g/mol. The number of benzene rings is 1. The van der Waals surface area contributed by atoms with Crippen LogP contribution in [0.4, 0.5) is 0 Å². The van der Waals surface area contributed by atoms with Gasteiger partial charge >= 0.3 is 0 Å². The topological polar surface area (TPSA) is 113 Å². The van der Waals surface area contributed by atoms with Crippen molar-refractivity contribution < 1.29 is 19.1 Å². The van der Waals surface area contributed by atoms with E-state index < -0.39 is 6.04 Å². The number of carbonyl (C=O) groups is 2. The fourth-order valence-electron chi connectivity index (χ4n) is 4.00. The van der Waals surface area contributed by atoms with Crippen LogP contribution in [0, 0.1) is 11.3 Å². The third-order valence-corrected chi connectivity index (χ3v) is 6.01. The lowest BCUT2D eigenvalue weighted by molar-refractivity contribution is -0.124. The molecule has 1 unspecified atom stereocenters. The number of nitrogens with one attached hydrogen (secondary N) is 4. The second-order valence-electron chi connectivity index (χ2n) is 8.54. The SMILES string of the molecule is CCC(C)NC(=O)[C@@H](CC1CCCCC1)NC(=N)NC(=O)Cc1ccc(OC)c(OC)c1. The summed E-state index contributed by atoms with van der Waals surface area (Å²) in [5.41, 5.74) is 0.737. The molecular formula is C24H38N4O4. The Morgan fingerprint density at radius 3 is 2.41 bits per heavy atom. The zero-order chi connectivity index (χ0) is 23.5. The van der Waals surface area contributed by atoms with Crippen molar-refractivity contribution in [2.75, 3.05) is 14.2 Å². The van der Waals surface area contributed by atoms with Gasteiger partial charge < -0.3 is 20.1 Å². The van der Waals surface area contributed by atoms with Crippen molar-refractivity contribution in [2.45, 2.75) is 77.3 Å². The van der Waals surface area contributed by atoms with Crippen LogP contribution in [0.15, 0.2) is 18.2 Å². The van der Waals surface area contributed by atoms with Gasteiger partial charge in [0.1, 0.15) is 6.04 Å². The van der Waals surface area contributed by atoms with Crippen molar-refractivity contribution in [1.82, 2.24) is 16.0 Å². The van der Waals surface area contributed by atoms with E-state index in [1.54, 1.807) is 25.3 Å². The molecule has 0 spiro atoms. The highest BCUT2D eigenvalue weighted by Gasteiger charge is 2.26. The normalized spacial score (nSPS) is 15.9. The van der Waals surface area contributed by atoms with Crippen LogP contribution in [0.5, 0.6) is 11.5 Å². The molecule has 1 aliphatic carbocycles. The molecule has 1 aromatic carbocycles. The summed E-state index contributed by atoms with van der Waals surface area (Å²) in [6.07, 6.45) is 7.40. The number of hydrogen-bond acceptors (Lipinski definition) is 5. The summed E-state index contributed by atoms with van der Waals surface area (Å²) in [6, 6.07) is 4.78. The van der Waals surface area contributed by atoms with Gasteiger partial charge in [-0.2, -0.15) is 0 Å². The van der Waals surface area contributed by atoms with Gasteiger partial charge in [0.2, 0.25) is 11.8 Å². The molecule has 2 atom stereocenters. The van der Waals surface area contributed by atoms with Crippen molar-refractivity contribution in [3.05, 3.63) is 23.8 Å². The van der Waals surface area contributed by atoms with Crippen molar-refractivity contribution in [3.63, 3.8) is 0 Å². The second kappa shape index (κ2) is 12.9. The molecule has 0 aromatic heterocycles. The van der Waals surface area contributed by atoms with E-state index in [4.69, 9.17) is 14.9 Å². The van der Waals surface area contributed by atoms with E-state index in [2.05, 4.69) is 16.0 Å². The monoisotopic (exact) mass is 446 g/mol. The number of guanidine groups is 1. The van der Waals surface area contributed by atoms with Crippen LogP contribution >= 0.6 is 0 Å². The molecule has 178 valence electrons. The predicted molar refractivity (Wildman–Crippen MR) is 125 cm³/mol. The van der Waals surface area contributed by atoms with E-state index in [1.165, 1.54) is 26.4 Å². The van der Waals surface area contributed by atoms with Gasteiger partial charge in [-0.25, -0.2) is 0 Å². The van der Waals surface area contributed by atoms with Crippen LogP contribution in [0.25, 0.3) is 0 Å². The zero-order valence-electron chi connectivity index (χ0n) is 19.8. The van der Waals surface area contributed by atoms with E-state index in [0.717, 1.165) is 24.8 Å². The van der Waals surface area contributed by atoms with Crippen LogP contribution in [0.1, 0.15) is 64.4 Å². The lowest BCUT2D eigenvalue weighted by Crippen LogP contribution is -2.53. The molecule has 8 nitrogen and oxygen atoms in total. The first-order valence-electron chi connectivity index (χ1n) is 11.5. The van der Waals surface area contributed by atoms with E-state index >= 15 is 0 Å². The Hall–Kier alpha value is -2.77. The van der Waals surface area contributed by atoms with Crippen molar-refractivity contribution in [3.8, 4) is 11.5 Å². The van der Waals surface area contributed by atoms with Gasteiger partial charge in [0.15, 0.2) is 17.5 Å². The molecule has 0 heterocycles. The van der Waals surface area contributed by atoms with E-state index in [1.807, 2.05) is 13.8 Å². The van der Waals surface area contributed by atoms with Crippen LogP contribution in [-0.4, -0.2) is 44.1 Å². The highest BCUT2D eigenvalue weighted by molar-refractivity contribution is 5.98. The quantitative estimate of drug-likeness (QED) is 0.326. The molecule has 0 bridgehead atoms. The largest absolute Gasteiger partial charge is 0.493 e. The first-order valence-corrected chi connectivity index (χ1v) is 11.5. The molecule has 1 aromatic rings. The summed E-state index contributed by atoms with van der Waals surface area (Å²) >= 11 is 0. The molecule has 4 N–H and O–H groups in total. The molecule has 1 fully saturated rings. The number of ether oxygens (including phenoxy) is 2. The Morgan fingerprint density at radius 1 is 1.09 bits per heavy atom. The Balaban J connectivity index is 1.96. The lowest BCUT2D eigenvalue weighted by atomic mass is 9.84. The van der Waals surface area contributed by atoms with E-state index in [-0.39, 0.29) is 30.2 Å². The third-order valence-electron chi connectivity index (χ3n) is 6.01. The minimum atomic E-state index is -0.541. The second-order valence-corrected chi connectivity index (χ2v) is 8.54. The van der Waals surface area contributed by atoms with Gasteiger partial charge in [0, 0.05) is 6.04 Å². The summed E-state index contributed by atoms with van der Waals surface area (Å²) in [4.78, 5) is 25.3. The van der Waals surface area contributed by atoms with Gasteiger partial charge in [-0.3, -0.25) is 20.3 Å². The predicted octanol–water partition coefficient (Wildman–Crippen LogP) is 3.14. The summed E-state index contributed by atoms with van der Waals surface area (Å²) < 4.78 is 10.5. The molecule has 0 radical (unpaired) electrons. The van der Waals surface area contributed by atoms with Gasteiger partial charge in [0.05, 0.1) is 20.6 Å². The van der Waals surface area contributed by atoms with Gasteiger partial charge in [-0.15, -0.1) is 0 Å². The molecule has 0 saturated heterocycles. The Labute approximate surface area is 191 Å². The highest BCUT2D eigenvalue weighted by atomic mass is 16.5. The van der Waals surface area contributed by atoms with Crippen molar-refractivity contribution >= 4 is 17.8 Å². The molecule has 1 saturated carbocycles. The fraction of sp³-hybridized carbons (Fsp3) is 0.625. The highest BCUT2D eigenvalue weighted by Crippen LogP contribution is 2.28. The average Bonchev–Trinajstić information content (AvgIpc) is 2.78. The van der Waals surface area contributed by atoms with Crippen LogP contribution in [0.2, 0.25) is 0 Å². The van der Waals surface area contributed by atoms with Crippen LogP contribution in [-0.2, 0) is 16.0 Å². The maximum Gasteiger partial charge on any atom is 0.242 e. The van der Waals surface area contributed by atoms with Crippen molar-refractivity contribution in [2.24, 2.45) is 5.92 Å². The number of hydrogen-bond donors (Lipinski definition) is 4. The maximum atomic E-state index is 12.8. The zero-order valence-corrected chi connectivity index (χ0v) is 19.8. The molecule has 32 heavy (non-hydrogen) atoms. The van der Waals surface area contributed by atoms with E-state index in [9.17, 15) is 9.59 Å². The molecule has 1 aliphatic rings. The summed E-state index contributed by atoms with van der Waals surface area (Å²) in [6.45, 7) is 3.98. The molecule has 8 heteroatoms. The van der Waals surface area contributed by atoms with Gasteiger partial charge in [0.25, 0.3) is 0 Å². The molecule has 2 rings (SSSR count). The minimum absolute atomic E-state index is 0.0620. The Kier molecular flexibility index (Phi) is 10.3. The van der Waals surface area contributed by atoms with Gasteiger partial charge in [-0.05, 0) is 43.4 Å². The first kappa shape index (κ1) is 25.5. The molecule has 0 aliphatic heterocycles. The number of amides is 2. The number of methoxy groups -OCH3 is 2. The molecule has 2 amide bonds. The number of carbonyl (C=O) groups excluding carboxylic acids is 2.